The van der Waals surface area contributed by atoms with Crippen molar-refractivity contribution in [1.82, 2.24) is 9.80 Å². The van der Waals surface area contributed by atoms with Gasteiger partial charge in [-0.25, -0.2) is 8.42 Å². The lowest BCUT2D eigenvalue weighted by Crippen LogP contribution is -2.37. The molecule has 7 heteroatoms. The number of carbonyl (C=O) groups is 2. The molecular formula is C14H26N2O4S. The lowest BCUT2D eigenvalue weighted by molar-refractivity contribution is -0.129. The zero-order valence-corrected chi connectivity index (χ0v) is 13.8. The van der Waals surface area contributed by atoms with E-state index in [4.69, 9.17) is 0 Å². The van der Waals surface area contributed by atoms with Crippen LogP contribution in [0.4, 0.5) is 0 Å². The average Bonchev–Trinajstić information content (AvgIpc) is 2.66. The van der Waals surface area contributed by atoms with Crippen LogP contribution in [-0.4, -0.2) is 68.7 Å². The summed E-state index contributed by atoms with van der Waals surface area (Å²) in [5.41, 5.74) is 0. The molecule has 0 aromatic rings. The summed E-state index contributed by atoms with van der Waals surface area (Å²) in [6.07, 6.45) is 4.56. The maximum absolute atomic E-state index is 12.0. The number of sulfone groups is 1. The van der Waals surface area contributed by atoms with Crippen molar-refractivity contribution in [1.29, 1.82) is 0 Å². The van der Waals surface area contributed by atoms with Crippen molar-refractivity contribution in [3.05, 3.63) is 0 Å². The monoisotopic (exact) mass is 318 g/mol. The molecule has 0 spiro atoms. The Morgan fingerprint density at radius 2 is 1.62 bits per heavy atom. The predicted octanol–water partition coefficient (Wildman–Crippen LogP) is 0.672. The van der Waals surface area contributed by atoms with Crippen LogP contribution in [0.3, 0.4) is 0 Å². The third kappa shape index (κ3) is 6.93. The molecule has 1 rings (SSSR count). The zero-order valence-electron chi connectivity index (χ0n) is 13.0. The first-order chi connectivity index (χ1) is 9.82. The van der Waals surface area contributed by atoms with Crippen LogP contribution >= 0.6 is 0 Å². The second-order valence-corrected chi connectivity index (χ2v) is 7.96. The largest absolute Gasteiger partial charge is 0.349 e. The van der Waals surface area contributed by atoms with Crippen molar-refractivity contribution in [2.24, 2.45) is 0 Å². The Kier molecular flexibility index (Phi) is 7.14. The van der Waals surface area contributed by atoms with E-state index in [1.54, 1.807) is 19.0 Å². The van der Waals surface area contributed by atoms with Crippen molar-refractivity contribution >= 4 is 21.7 Å². The molecule has 1 aliphatic rings. The molecule has 1 saturated heterocycles. The Hall–Kier alpha value is -1.11. The van der Waals surface area contributed by atoms with Crippen molar-refractivity contribution in [2.75, 3.05) is 38.7 Å². The highest BCUT2D eigenvalue weighted by Gasteiger charge is 2.22. The predicted molar refractivity (Wildman–Crippen MR) is 81.6 cm³/mol. The van der Waals surface area contributed by atoms with Gasteiger partial charge >= 0.3 is 0 Å². The molecule has 6 nitrogen and oxygen atoms in total. The second-order valence-electron chi connectivity index (χ2n) is 5.78. The molecule has 0 unspecified atom stereocenters. The molecule has 0 radical (unpaired) electrons. The molecule has 122 valence electrons. The minimum absolute atomic E-state index is 0.0935. The van der Waals surface area contributed by atoms with Crippen LogP contribution < -0.4 is 0 Å². The van der Waals surface area contributed by atoms with Crippen LogP contribution in [0.2, 0.25) is 0 Å². The quantitative estimate of drug-likeness (QED) is 0.721. The van der Waals surface area contributed by atoms with Gasteiger partial charge in [0, 0.05) is 33.6 Å². The highest BCUT2D eigenvalue weighted by molar-refractivity contribution is 7.92. The molecule has 0 saturated carbocycles. The summed E-state index contributed by atoms with van der Waals surface area (Å²) in [5.74, 6) is -0.921. The molecule has 2 amide bonds. The Bertz CT molecular complexity index is 452. The van der Waals surface area contributed by atoms with Gasteiger partial charge in [0.05, 0.1) is 5.75 Å². The molecule has 0 atom stereocenters. The van der Waals surface area contributed by atoms with Gasteiger partial charge in [0.2, 0.25) is 11.8 Å². The van der Waals surface area contributed by atoms with Gasteiger partial charge in [-0.15, -0.1) is 0 Å². The molecule has 1 aliphatic heterocycles. The van der Waals surface area contributed by atoms with Crippen molar-refractivity contribution in [2.45, 2.75) is 38.5 Å². The molecule has 1 fully saturated rings. The third-order valence-electron chi connectivity index (χ3n) is 3.65. The number of nitrogens with zero attached hydrogens (tertiary/aromatic N) is 2. The summed E-state index contributed by atoms with van der Waals surface area (Å²) >= 11 is 0. The lowest BCUT2D eigenvalue weighted by atomic mass is 10.2. The van der Waals surface area contributed by atoms with Crippen LogP contribution in [0.15, 0.2) is 0 Å². The fourth-order valence-electron chi connectivity index (χ4n) is 2.34. The second kappa shape index (κ2) is 8.36. The minimum Gasteiger partial charge on any atom is -0.349 e. The number of likely N-dealkylation sites (tertiary alicyclic amines) is 1. The van der Waals surface area contributed by atoms with Crippen molar-refractivity contribution in [3.8, 4) is 0 Å². The number of hydrogen-bond donors (Lipinski definition) is 0. The Balaban J connectivity index is 2.40. The summed E-state index contributed by atoms with van der Waals surface area (Å²) < 4.78 is 23.9. The van der Waals surface area contributed by atoms with Gasteiger partial charge in [-0.2, -0.15) is 0 Å². The fraction of sp³-hybridized carbons (Fsp3) is 0.857. The van der Waals surface area contributed by atoms with Crippen molar-refractivity contribution < 1.29 is 18.0 Å². The minimum atomic E-state index is -3.43. The van der Waals surface area contributed by atoms with Gasteiger partial charge in [-0.05, 0) is 19.3 Å². The molecule has 0 aromatic carbocycles. The highest BCUT2D eigenvalue weighted by Crippen LogP contribution is 2.11. The number of amides is 2. The van der Waals surface area contributed by atoms with Crippen molar-refractivity contribution in [3.63, 3.8) is 0 Å². The molecule has 0 aliphatic carbocycles. The lowest BCUT2D eigenvalue weighted by Gasteiger charge is -2.20. The van der Waals surface area contributed by atoms with Crippen LogP contribution in [-0.2, 0) is 19.4 Å². The first-order valence-corrected chi connectivity index (χ1v) is 9.32. The van der Waals surface area contributed by atoms with E-state index in [1.165, 1.54) is 4.90 Å². The summed E-state index contributed by atoms with van der Waals surface area (Å²) in [5, 5.41) is 0. The van der Waals surface area contributed by atoms with Crippen LogP contribution in [0.25, 0.3) is 0 Å². The molecule has 0 N–H and O–H groups in total. The van der Waals surface area contributed by atoms with E-state index in [9.17, 15) is 18.0 Å². The standard InChI is InChI=1S/C14H26N2O4S/c1-15(2)13(17)8-7-11-21(19,20)12-14(18)16-9-5-3-4-6-10-16/h3-12H2,1-2H3. The van der Waals surface area contributed by atoms with Gasteiger partial charge in [0.1, 0.15) is 5.75 Å². The molecule has 0 aromatic heterocycles. The topological polar surface area (TPSA) is 74.8 Å². The van der Waals surface area contributed by atoms with E-state index in [-0.39, 0.29) is 30.4 Å². The van der Waals surface area contributed by atoms with Gasteiger partial charge in [0.25, 0.3) is 0 Å². The molecule has 21 heavy (non-hydrogen) atoms. The first kappa shape index (κ1) is 17.9. The number of carbonyl (C=O) groups excluding carboxylic acids is 2. The van der Waals surface area contributed by atoms with E-state index in [0.717, 1.165) is 25.7 Å². The summed E-state index contributed by atoms with van der Waals surface area (Å²) in [6, 6.07) is 0. The SMILES string of the molecule is CN(C)C(=O)CCCS(=O)(=O)CC(=O)N1CCCCCC1. The molecule has 0 bridgehead atoms. The van der Waals surface area contributed by atoms with E-state index >= 15 is 0 Å². The third-order valence-corrected chi connectivity index (χ3v) is 5.24. The summed E-state index contributed by atoms with van der Waals surface area (Å²) in [4.78, 5) is 26.5. The average molecular weight is 318 g/mol. The summed E-state index contributed by atoms with van der Waals surface area (Å²) in [7, 11) is -0.148. The molecular weight excluding hydrogens is 292 g/mol. The maximum Gasteiger partial charge on any atom is 0.237 e. The van der Waals surface area contributed by atoms with E-state index in [1.807, 2.05) is 0 Å². The zero-order chi connectivity index (χ0) is 15.9. The van der Waals surface area contributed by atoms with Gasteiger partial charge in [-0.3, -0.25) is 9.59 Å². The van der Waals surface area contributed by atoms with Crippen LogP contribution in [0, 0.1) is 0 Å². The van der Waals surface area contributed by atoms with E-state index in [0.29, 0.717) is 13.1 Å². The number of rotatable bonds is 6. The smallest absolute Gasteiger partial charge is 0.237 e. The Morgan fingerprint density at radius 1 is 1.05 bits per heavy atom. The fourth-order valence-corrected chi connectivity index (χ4v) is 3.63. The Labute approximate surface area is 127 Å². The van der Waals surface area contributed by atoms with Gasteiger partial charge in [-0.1, -0.05) is 12.8 Å². The number of hydrogen-bond acceptors (Lipinski definition) is 4. The van der Waals surface area contributed by atoms with E-state index in [2.05, 4.69) is 0 Å². The van der Waals surface area contributed by atoms with Gasteiger partial charge in [0.15, 0.2) is 9.84 Å². The summed E-state index contributed by atoms with van der Waals surface area (Å²) in [6.45, 7) is 1.32. The molecule has 1 heterocycles. The normalized spacial score (nSPS) is 16.4. The Morgan fingerprint density at radius 3 is 2.14 bits per heavy atom. The first-order valence-electron chi connectivity index (χ1n) is 7.50. The maximum atomic E-state index is 12.0. The van der Waals surface area contributed by atoms with Crippen LogP contribution in [0.5, 0.6) is 0 Å². The van der Waals surface area contributed by atoms with E-state index < -0.39 is 15.6 Å². The van der Waals surface area contributed by atoms with Crippen LogP contribution in [0.1, 0.15) is 38.5 Å². The highest BCUT2D eigenvalue weighted by atomic mass is 32.2. The van der Waals surface area contributed by atoms with Gasteiger partial charge < -0.3 is 9.80 Å².